The molecule has 1 aromatic carbocycles. The molecule has 0 aliphatic carbocycles. The summed E-state index contributed by atoms with van der Waals surface area (Å²) < 4.78 is 6.26. The van der Waals surface area contributed by atoms with E-state index in [4.69, 9.17) is 4.74 Å². The molecule has 1 aliphatic heterocycles. The Morgan fingerprint density at radius 1 is 1.26 bits per heavy atom. The molecule has 1 heterocycles. The van der Waals surface area contributed by atoms with Crippen LogP contribution in [0.2, 0.25) is 0 Å². The Bertz CT molecular complexity index is 554. The van der Waals surface area contributed by atoms with Crippen molar-refractivity contribution in [3.8, 4) is 5.75 Å². The van der Waals surface area contributed by atoms with Gasteiger partial charge in [0.2, 0.25) is 5.91 Å². The van der Waals surface area contributed by atoms with Gasteiger partial charge in [0.05, 0.1) is 22.7 Å². The van der Waals surface area contributed by atoms with Crippen molar-refractivity contribution in [1.29, 1.82) is 0 Å². The first-order chi connectivity index (χ1) is 11.1. The van der Waals surface area contributed by atoms with Gasteiger partial charge >= 0.3 is 0 Å². The summed E-state index contributed by atoms with van der Waals surface area (Å²) >= 11 is 5.28. The van der Waals surface area contributed by atoms with Crippen molar-refractivity contribution < 1.29 is 9.53 Å². The van der Waals surface area contributed by atoms with Crippen molar-refractivity contribution in [1.82, 2.24) is 0 Å². The summed E-state index contributed by atoms with van der Waals surface area (Å²) in [6.07, 6.45) is 6.38. The lowest BCUT2D eigenvalue weighted by Gasteiger charge is -2.30. The number of unbranched alkanes of at least 4 members (excludes halogenated alkanes) is 2. The third kappa shape index (κ3) is 4.24. The number of methoxy groups -OCH3 is 1. The van der Waals surface area contributed by atoms with E-state index in [0.717, 1.165) is 65.1 Å². The molecular weight excluding hydrogens is 374 g/mol. The SMILES string of the molecule is CCCCC1(CCCC)CSc2cc(OC)c(Br)cc2NC1=O. The number of benzene rings is 1. The fraction of sp³-hybridized carbons (Fsp3) is 0.611. The quantitative estimate of drug-likeness (QED) is 0.622. The maximum Gasteiger partial charge on any atom is 0.231 e. The van der Waals surface area contributed by atoms with E-state index in [-0.39, 0.29) is 11.3 Å². The number of ether oxygens (including phenoxy) is 1. The number of carbonyl (C=O) groups excluding carboxylic acids is 1. The number of thioether (sulfide) groups is 1. The van der Waals surface area contributed by atoms with Crippen molar-refractivity contribution in [3.05, 3.63) is 16.6 Å². The van der Waals surface area contributed by atoms with E-state index in [1.165, 1.54) is 0 Å². The second-order valence-electron chi connectivity index (χ2n) is 6.21. The zero-order chi connectivity index (χ0) is 16.9. The maximum atomic E-state index is 13.0. The van der Waals surface area contributed by atoms with E-state index in [0.29, 0.717) is 0 Å². The third-order valence-electron chi connectivity index (χ3n) is 4.51. The first-order valence-electron chi connectivity index (χ1n) is 8.38. The summed E-state index contributed by atoms with van der Waals surface area (Å²) in [5, 5.41) is 3.18. The minimum atomic E-state index is -0.255. The van der Waals surface area contributed by atoms with Crippen molar-refractivity contribution in [3.63, 3.8) is 0 Å². The summed E-state index contributed by atoms with van der Waals surface area (Å²) in [5.41, 5.74) is 0.637. The van der Waals surface area contributed by atoms with Gasteiger partial charge in [0.1, 0.15) is 5.75 Å². The van der Waals surface area contributed by atoms with Gasteiger partial charge in [-0.2, -0.15) is 0 Å². The average molecular weight is 400 g/mol. The van der Waals surface area contributed by atoms with Crippen LogP contribution in [0, 0.1) is 5.41 Å². The third-order valence-corrected chi connectivity index (χ3v) is 6.47. The summed E-state index contributed by atoms with van der Waals surface area (Å²) in [7, 11) is 1.67. The molecule has 3 nitrogen and oxygen atoms in total. The number of amides is 1. The van der Waals surface area contributed by atoms with Crippen LogP contribution in [0.4, 0.5) is 5.69 Å². The van der Waals surface area contributed by atoms with E-state index < -0.39 is 0 Å². The van der Waals surface area contributed by atoms with Gasteiger partial charge in [-0.3, -0.25) is 4.79 Å². The first kappa shape index (κ1) is 18.7. The molecule has 1 aliphatic rings. The van der Waals surface area contributed by atoms with E-state index in [1.807, 2.05) is 12.1 Å². The molecule has 0 atom stereocenters. The van der Waals surface area contributed by atoms with Gasteiger partial charge in [-0.15, -0.1) is 11.8 Å². The number of nitrogens with one attached hydrogen (secondary N) is 1. The fourth-order valence-corrected chi connectivity index (χ4v) is 4.78. The average Bonchev–Trinajstić information content (AvgIpc) is 2.67. The molecular formula is C18H26BrNO2S. The van der Waals surface area contributed by atoms with Crippen LogP contribution in [0.25, 0.3) is 0 Å². The highest BCUT2D eigenvalue weighted by atomic mass is 79.9. The minimum absolute atomic E-state index is 0.183. The van der Waals surface area contributed by atoms with Crippen molar-refractivity contribution >= 4 is 39.3 Å². The van der Waals surface area contributed by atoms with Crippen molar-refractivity contribution in [2.75, 3.05) is 18.2 Å². The summed E-state index contributed by atoms with van der Waals surface area (Å²) in [6, 6.07) is 3.97. The maximum absolute atomic E-state index is 13.0. The van der Waals surface area contributed by atoms with Crippen LogP contribution in [0.1, 0.15) is 52.4 Å². The Morgan fingerprint density at radius 3 is 2.48 bits per heavy atom. The van der Waals surface area contributed by atoms with Crippen LogP contribution in [0.15, 0.2) is 21.5 Å². The predicted molar refractivity (Wildman–Crippen MR) is 102 cm³/mol. The van der Waals surface area contributed by atoms with Gasteiger partial charge in [0.25, 0.3) is 0 Å². The Balaban J connectivity index is 2.31. The van der Waals surface area contributed by atoms with E-state index in [9.17, 15) is 4.79 Å². The van der Waals surface area contributed by atoms with E-state index >= 15 is 0 Å². The number of hydrogen-bond donors (Lipinski definition) is 1. The second-order valence-corrected chi connectivity index (χ2v) is 8.08. The van der Waals surface area contributed by atoms with Gasteiger partial charge in [0.15, 0.2) is 0 Å². The van der Waals surface area contributed by atoms with E-state index in [2.05, 4.69) is 35.1 Å². The highest BCUT2D eigenvalue weighted by molar-refractivity contribution is 9.10. The van der Waals surface area contributed by atoms with Crippen molar-refractivity contribution in [2.45, 2.75) is 57.3 Å². The Morgan fingerprint density at radius 2 is 1.91 bits per heavy atom. The number of fused-ring (bicyclic) bond motifs is 1. The predicted octanol–water partition coefficient (Wildman–Crippen LogP) is 5.87. The van der Waals surface area contributed by atoms with E-state index in [1.54, 1.807) is 18.9 Å². The fourth-order valence-electron chi connectivity index (χ4n) is 2.97. The van der Waals surface area contributed by atoms with Crippen LogP contribution in [0.3, 0.4) is 0 Å². The zero-order valence-electron chi connectivity index (χ0n) is 14.2. The second kappa shape index (κ2) is 8.43. The molecule has 1 aromatic rings. The molecule has 2 rings (SSSR count). The Labute approximate surface area is 152 Å². The number of anilines is 1. The number of carbonyl (C=O) groups is 1. The monoisotopic (exact) mass is 399 g/mol. The van der Waals surface area contributed by atoms with Gasteiger partial charge in [-0.1, -0.05) is 39.5 Å². The van der Waals surface area contributed by atoms with Gasteiger partial charge in [0, 0.05) is 10.6 Å². The molecule has 0 bridgehead atoms. The lowest BCUT2D eigenvalue weighted by Crippen LogP contribution is -2.37. The molecule has 5 heteroatoms. The smallest absolute Gasteiger partial charge is 0.231 e. The minimum Gasteiger partial charge on any atom is -0.496 e. The highest BCUT2D eigenvalue weighted by Crippen LogP contribution is 2.45. The number of hydrogen-bond acceptors (Lipinski definition) is 3. The molecule has 128 valence electrons. The van der Waals surface area contributed by atoms with Crippen molar-refractivity contribution in [2.24, 2.45) is 5.41 Å². The number of rotatable bonds is 7. The molecule has 0 saturated heterocycles. The molecule has 1 amide bonds. The summed E-state index contributed by atoms with van der Waals surface area (Å²) in [5.74, 6) is 1.83. The molecule has 0 radical (unpaired) electrons. The highest BCUT2D eigenvalue weighted by Gasteiger charge is 2.39. The summed E-state index contributed by atoms with van der Waals surface area (Å²) in [6.45, 7) is 4.37. The lowest BCUT2D eigenvalue weighted by atomic mass is 9.79. The van der Waals surface area contributed by atoms with Gasteiger partial charge in [-0.05, 0) is 40.9 Å². The van der Waals surface area contributed by atoms with Gasteiger partial charge in [-0.25, -0.2) is 0 Å². The first-order valence-corrected chi connectivity index (χ1v) is 10.2. The van der Waals surface area contributed by atoms with Crippen LogP contribution < -0.4 is 10.1 Å². The van der Waals surface area contributed by atoms with Crippen LogP contribution in [0.5, 0.6) is 5.75 Å². The topological polar surface area (TPSA) is 38.3 Å². The summed E-state index contributed by atoms with van der Waals surface area (Å²) in [4.78, 5) is 14.1. The molecule has 23 heavy (non-hydrogen) atoms. The van der Waals surface area contributed by atoms with Gasteiger partial charge < -0.3 is 10.1 Å². The molecule has 0 unspecified atom stereocenters. The normalized spacial score (nSPS) is 16.4. The molecule has 0 saturated carbocycles. The Kier molecular flexibility index (Phi) is 6.84. The van der Waals surface area contributed by atoms with Crippen LogP contribution in [-0.4, -0.2) is 18.8 Å². The standard InChI is InChI=1S/C18H26BrNO2S/c1-4-6-8-18(9-7-5-2)12-23-16-11-15(22-3)13(19)10-14(16)20-17(18)21/h10-11H,4-9,12H2,1-3H3,(H,20,21). The van der Waals surface area contributed by atoms with Crippen LogP contribution >= 0.6 is 27.7 Å². The lowest BCUT2D eigenvalue weighted by molar-refractivity contribution is -0.125. The Hall–Kier alpha value is -0.680. The molecule has 0 fully saturated rings. The van der Waals surface area contributed by atoms with Crippen LogP contribution in [-0.2, 0) is 4.79 Å². The molecule has 1 N–H and O–H groups in total. The number of halogens is 1. The molecule has 0 aromatic heterocycles. The zero-order valence-corrected chi connectivity index (χ0v) is 16.6. The molecule has 0 spiro atoms. The largest absolute Gasteiger partial charge is 0.496 e.